The number of hydrogen-bond donors (Lipinski definition) is 13. The van der Waals surface area contributed by atoms with E-state index >= 15 is 9.59 Å². The van der Waals surface area contributed by atoms with Gasteiger partial charge in [-0.2, -0.15) is 0 Å². The van der Waals surface area contributed by atoms with E-state index in [4.69, 9.17) is 80.9 Å². The van der Waals surface area contributed by atoms with Gasteiger partial charge in [-0.1, -0.05) is 95.0 Å². The highest BCUT2D eigenvalue weighted by Gasteiger charge is 2.78. The van der Waals surface area contributed by atoms with Crippen LogP contribution in [0.1, 0.15) is 162 Å². The first-order valence-electron chi connectivity index (χ1n) is 44.3. The lowest BCUT2D eigenvalue weighted by molar-refractivity contribution is -0.346. The number of rotatable bonds is 47. The summed E-state index contributed by atoms with van der Waals surface area (Å²) in [4.78, 5) is 184. The lowest BCUT2D eigenvalue weighted by Gasteiger charge is -2.67. The Morgan fingerprint density at radius 1 is 0.634 bits per heavy atom. The number of Topliss-reactive ketones (excluding diaryl/α,β-unsaturated/α-hetero) is 2. The van der Waals surface area contributed by atoms with Crippen molar-refractivity contribution in [2.45, 2.75) is 267 Å². The van der Waals surface area contributed by atoms with Crippen molar-refractivity contribution in [2.75, 3.05) is 107 Å². The summed E-state index contributed by atoms with van der Waals surface area (Å²) in [5, 5.41) is 103. The molecular weight excluding hydrogens is 1770 g/mol. The number of aliphatic carboxylic acids is 1. The standard InChI is InChI=1S/C63H84N4O23.C27H47NO16/c1-11-84-55(77)39(26-40(69)29-65-44(71)30-66-45(72)31-82-10)24-18-19-25-64-46(73)32-83-33-47(74)87-51(49(37-20-14-12-15-21-37)67-58(80)90-59(4,5)6)57(79)86-41-28-63(81)54(88-56(78)38-22-16-13-17-23-38)52-61(9,53(76)50(75)48(35(41)2)60(63,7)8)42(70)27-43-62(52,34-85-43)89-36(3)68;1-5-7-8-9-14(25(36)39-6-2)28-17(29)12-40-23-20(33)16(43-26(38-4)21(23)34)11-42-27-22(35)24(41-13-18(30)31)19(32)15(44-27)10-37-3/h12-17,20-23,39,41-43,49-52,54,70,75,81H,11,18-19,24-34H2,1-10H3,(H,64,73)(H,65,71)(H,66,72)(H,67,80);14-16,19-24,26-27,32-35H,5-13H2,1-4H3,(H,28,29)(H,30,31)/t39-,41+,42+,43-,49?,50-,51-,52+,54+,61-,62+,63-;14-,15?,16?,19+,20+,21?,22?,23-,24-,26-,27+/m10/s1. The van der Waals surface area contributed by atoms with Crippen LogP contribution in [-0.2, 0) is 138 Å². The zero-order valence-electron chi connectivity index (χ0n) is 77.8. The molecule has 3 aliphatic carbocycles. The number of fused-ring (bicyclic) bond motifs is 5. The molecule has 5 unspecified atom stereocenters. The summed E-state index contributed by atoms with van der Waals surface area (Å²) in [7, 11) is 3.90. The van der Waals surface area contributed by atoms with Crippen LogP contribution in [0.25, 0.3) is 0 Å². The summed E-state index contributed by atoms with van der Waals surface area (Å²) in [5.74, 6) is -13.5. The molecule has 2 saturated carbocycles. The number of amides is 5. The molecule has 5 fully saturated rings. The molecule has 13 N–H and O–H groups in total. The predicted molar refractivity (Wildman–Crippen MR) is 459 cm³/mol. The van der Waals surface area contributed by atoms with Crippen molar-refractivity contribution in [3.8, 4) is 0 Å². The average Bonchev–Trinajstić information content (AvgIpc) is 0.667. The number of aliphatic hydroxyl groups excluding tert-OH is 6. The van der Waals surface area contributed by atoms with E-state index in [2.05, 4.69) is 31.3 Å². The maximum absolute atomic E-state index is 15.3. The van der Waals surface area contributed by atoms with Crippen molar-refractivity contribution in [3.05, 3.63) is 82.9 Å². The highest BCUT2D eigenvalue weighted by Crippen LogP contribution is 2.64. The first kappa shape index (κ1) is 111. The fraction of sp³-hybridized carbons (Fsp3) is 0.689. The lowest BCUT2D eigenvalue weighted by atomic mass is 9.44. The van der Waals surface area contributed by atoms with Crippen molar-refractivity contribution in [1.82, 2.24) is 26.6 Å². The number of hydrogen-bond acceptors (Lipinski definition) is 38. The number of benzene rings is 2. The van der Waals surface area contributed by atoms with Crippen LogP contribution in [-0.4, -0.2) is 352 Å². The van der Waals surface area contributed by atoms with Gasteiger partial charge in [0.25, 0.3) is 0 Å². The molecule has 44 heteroatoms. The second-order valence-electron chi connectivity index (χ2n) is 34.9. The smallest absolute Gasteiger partial charge is 0.408 e. The monoisotopic (exact) mass is 1910 g/mol. The van der Waals surface area contributed by atoms with Crippen LogP contribution in [0.15, 0.2) is 71.8 Å². The third-order valence-corrected chi connectivity index (χ3v) is 23.9. The fourth-order valence-corrected chi connectivity index (χ4v) is 17.2. The van der Waals surface area contributed by atoms with E-state index in [0.717, 1.165) is 19.8 Å². The molecule has 5 amide bonds. The fourth-order valence-electron chi connectivity index (χ4n) is 17.2. The summed E-state index contributed by atoms with van der Waals surface area (Å²) in [6, 6.07) is 12.9. The second-order valence-corrected chi connectivity index (χ2v) is 34.9. The van der Waals surface area contributed by atoms with Gasteiger partial charge >= 0.3 is 47.9 Å². The summed E-state index contributed by atoms with van der Waals surface area (Å²) in [5.41, 5.74) is -9.32. The van der Waals surface area contributed by atoms with Crippen LogP contribution in [0.3, 0.4) is 0 Å². The van der Waals surface area contributed by atoms with Crippen LogP contribution in [0.2, 0.25) is 0 Å². The molecule has 134 heavy (non-hydrogen) atoms. The normalized spacial score (nSPS) is 28.2. The first-order chi connectivity index (χ1) is 63.3. The molecule has 3 aliphatic heterocycles. The van der Waals surface area contributed by atoms with Gasteiger partial charge in [-0.3, -0.25) is 38.4 Å². The Hall–Kier alpha value is -9.72. The van der Waals surface area contributed by atoms with E-state index in [0.29, 0.717) is 25.7 Å². The van der Waals surface area contributed by atoms with Gasteiger partial charge in [-0.05, 0) is 96.6 Å². The van der Waals surface area contributed by atoms with E-state index in [9.17, 15) is 93.3 Å². The van der Waals surface area contributed by atoms with Gasteiger partial charge in [-0.15, -0.1) is 0 Å². The van der Waals surface area contributed by atoms with Gasteiger partial charge < -0.3 is 148 Å². The maximum atomic E-state index is 15.3. The number of aliphatic hydroxyl groups is 7. The molecule has 750 valence electrons. The Bertz CT molecular complexity index is 4320. The molecule has 3 heterocycles. The van der Waals surface area contributed by atoms with Crippen LogP contribution < -0.4 is 26.6 Å². The quantitative estimate of drug-likeness (QED) is 0.0177. The van der Waals surface area contributed by atoms with E-state index in [1.54, 1.807) is 71.0 Å². The third-order valence-electron chi connectivity index (χ3n) is 23.9. The topological polar surface area (TPSA) is 618 Å². The van der Waals surface area contributed by atoms with Gasteiger partial charge in [0.1, 0.15) is 130 Å². The van der Waals surface area contributed by atoms with Crippen molar-refractivity contribution in [3.63, 3.8) is 0 Å². The van der Waals surface area contributed by atoms with Gasteiger partial charge in [0, 0.05) is 59.5 Å². The Morgan fingerprint density at radius 3 is 1.84 bits per heavy atom. The highest BCUT2D eigenvalue weighted by atomic mass is 16.7. The largest absolute Gasteiger partial charge is 0.480 e. The number of ketones is 2. The molecule has 44 nitrogen and oxygen atoms in total. The number of alkyl carbamates (subject to hydrolysis) is 1. The minimum atomic E-state index is -2.52. The van der Waals surface area contributed by atoms with Crippen LogP contribution >= 0.6 is 0 Å². The third kappa shape index (κ3) is 29.2. The summed E-state index contributed by atoms with van der Waals surface area (Å²) < 4.78 is 94.1. The molecule has 0 radical (unpaired) electrons. The number of carbonyl (C=O) groups excluding carboxylic acids is 13. The van der Waals surface area contributed by atoms with Gasteiger partial charge in [0.05, 0.1) is 75.0 Å². The zero-order valence-corrected chi connectivity index (χ0v) is 77.8. The predicted octanol–water partition coefficient (Wildman–Crippen LogP) is -0.197. The number of ether oxygens (including phenoxy) is 17. The van der Waals surface area contributed by atoms with E-state index < -0.39 is 279 Å². The number of carboxylic acids is 1. The second kappa shape index (κ2) is 51.5. The number of carboxylic acid groups (broad SMARTS) is 1. The Morgan fingerprint density at radius 2 is 1.24 bits per heavy atom. The summed E-state index contributed by atoms with van der Waals surface area (Å²) >= 11 is 0. The summed E-state index contributed by atoms with van der Waals surface area (Å²) in [6.45, 7) is 12.0. The number of esters is 6. The van der Waals surface area contributed by atoms with Gasteiger partial charge in [-0.25, -0.2) is 28.8 Å². The molecular formula is C90H131N5O39. The van der Waals surface area contributed by atoms with E-state index in [-0.39, 0.29) is 87.7 Å². The molecule has 0 spiro atoms. The van der Waals surface area contributed by atoms with Crippen LogP contribution in [0, 0.1) is 22.7 Å². The molecule has 2 aromatic carbocycles. The molecule has 3 saturated heterocycles. The molecule has 23 atom stereocenters. The number of unbranched alkanes of at least 4 members (excludes halogenated alkanes) is 3. The molecule has 0 aromatic heterocycles. The minimum absolute atomic E-state index is 0.00590. The first-order valence-corrected chi connectivity index (χ1v) is 44.3. The summed E-state index contributed by atoms with van der Waals surface area (Å²) in [6.07, 6.45) is -23.3. The number of carbonyl (C=O) groups is 14. The van der Waals surface area contributed by atoms with E-state index in [1.807, 2.05) is 6.92 Å². The molecule has 6 aliphatic rings. The number of nitrogens with one attached hydrogen (secondary N) is 5. The Labute approximate surface area is 775 Å². The molecule has 2 aromatic rings. The molecule has 2 bridgehead atoms. The SMILES string of the molecule is CCCCC[C@H](NC(=O)CO[C@@H]1C(O)[C@@H](OC)OC(CO[C@@H]2OC(COC)[C@@H](O)[C@H](OCC(=O)O)C2O)[C@H]1O)C(=O)OCC.CCOC(=O)[C@H](CCCCNC(=O)COCC(=O)O[C@@H](C(=O)O[C@H]1C[C@@]2(O)[C@@H](OC(=O)c3ccccc3)[C@@H]3[C@]4(OC(C)=O)CO[C@@H]4C[C@H](O)[C@@]3(C)C(=O)[C@H](O)C(=C1C)C2(C)C)C(NC(=O)OC(C)(C)C)c1ccccc1)CC(=O)CNC(=O)CNC(=O)COC. The van der Waals surface area contributed by atoms with Crippen molar-refractivity contribution < 1.29 is 189 Å². The maximum Gasteiger partial charge on any atom is 0.408 e. The van der Waals surface area contributed by atoms with Crippen molar-refractivity contribution >= 4 is 83.1 Å². The van der Waals surface area contributed by atoms with Crippen molar-refractivity contribution in [1.29, 1.82) is 0 Å². The highest BCUT2D eigenvalue weighted by molar-refractivity contribution is 5.95. The van der Waals surface area contributed by atoms with Crippen LogP contribution in [0.4, 0.5) is 4.79 Å². The van der Waals surface area contributed by atoms with Crippen LogP contribution in [0.5, 0.6) is 0 Å². The average molecular weight is 1910 g/mol. The molecule has 8 rings (SSSR count). The van der Waals surface area contributed by atoms with Gasteiger partial charge in [0.15, 0.2) is 29.7 Å². The van der Waals surface area contributed by atoms with Crippen molar-refractivity contribution in [2.24, 2.45) is 22.7 Å². The Kier molecular flexibility index (Phi) is 42.7. The number of methoxy groups -OCH3 is 3. The Balaban J connectivity index is 0.000000465. The lowest BCUT2D eigenvalue weighted by Crippen LogP contribution is -2.81. The van der Waals surface area contributed by atoms with E-state index in [1.165, 1.54) is 73.3 Å². The van der Waals surface area contributed by atoms with Gasteiger partial charge in [0.2, 0.25) is 29.7 Å². The minimum Gasteiger partial charge on any atom is -0.480 e. The zero-order chi connectivity index (χ0) is 99.3.